The van der Waals surface area contributed by atoms with E-state index in [9.17, 15) is 9.59 Å². The Morgan fingerprint density at radius 1 is 1.13 bits per heavy atom. The molecule has 1 N–H and O–H groups in total. The molecule has 158 valence electrons. The lowest BCUT2D eigenvalue weighted by Gasteiger charge is -2.29. The van der Waals surface area contributed by atoms with Gasteiger partial charge in [-0.05, 0) is 70.9 Å². The molecule has 3 aromatic rings. The van der Waals surface area contributed by atoms with Crippen molar-refractivity contribution in [2.75, 3.05) is 30.0 Å². The van der Waals surface area contributed by atoms with Gasteiger partial charge in [0.1, 0.15) is 18.1 Å². The van der Waals surface area contributed by atoms with Crippen molar-refractivity contribution in [2.45, 2.75) is 6.92 Å². The number of hydrogen-bond acceptors (Lipinski definition) is 4. The van der Waals surface area contributed by atoms with Gasteiger partial charge in [-0.15, -0.1) is 0 Å². The van der Waals surface area contributed by atoms with Gasteiger partial charge in [-0.25, -0.2) is 0 Å². The van der Waals surface area contributed by atoms with E-state index in [-0.39, 0.29) is 18.4 Å². The summed E-state index contributed by atoms with van der Waals surface area (Å²) in [6.45, 7) is 2.67. The van der Waals surface area contributed by atoms with Gasteiger partial charge in [-0.1, -0.05) is 24.3 Å². The molecule has 1 heterocycles. The monoisotopic (exact) mass is 480 g/mol. The van der Waals surface area contributed by atoms with E-state index in [0.717, 1.165) is 11.3 Å². The normalized spacial score (nSPS) is 12.7. The van der Waals surface area contributed by atoms with Crippen LogP contribution in [0.25, 0.3) is 0 Å². The second-order valence-electron chi connectivity index (χ2n) is 7.12. The molecule has 31 heavy (non-hydrogen) atoms. The van der Waals surface area contributed by atoms with E-state index in [2.05, 4.69) is 21.2 Å². The number of hydrogen-bond donors (Lipinski definition) is 1. The van der Waals surface area contributed by atoms with E-state index in [1.165, 1.54) is 0 Å². The second-order valence-corrected chi connectivity index (χ2v) is 7.97. The summed E-state index contributed by atoms with van der Waals surface area (Å²) < 4.78 is 12.1. The highest BCUT2D eigenvalue weighted by molar-refractivity contribution is 9.10. The van der Waals surface area contributed by atoms with Gasteiger partial charge in [0.25, 0.3) is 11.8 Å². The summed E-state index contributed by atoms with van der Waals surface area (Å²) in [5, 5.41) is 2.88. The molecule has 0 aliphatic carbocycles. The van der Waals surface area contributed by atoms with Crippen molar-refractivity contribution in [2.24, 2.45) is 0 Å². The average molecular weight is 481 g/mol. The molecule has 7 heteroatoms. The molecule has 0 aromatic heterocycles. The molecule has 0 atom stereocenters. The highest BCUT2D eigenvalue weighted by atomic mass is 79.9. The Morgan fingerprint density at radius 2 is 1.97 bits per heavy atom. The number of aryl methyl sites for hydroxylation is 1. The largest absolute Gasteiger partial charge is 0.492 e. The van der Waals surface area contributed by atoms with Gasteiger partial charge in [-0.3, -0.25) is 9.59 Å². The third kappa shape index (κ3) is 4.88. The number of rotatable bonds is 6. The van der Waals surface area contributed by atoms with E-state index in [1.807, 2.05) is 43.3 Å². The van der Waals surface area contributed by atoms with Crippen molar-refractivity contribution in [3.05, 3.63) is 82.3 Å². The summed E-state index contributed by atoms with van der Waals surface area (Å²) >= 11 is 3.39. The number of halogens is 1. The maximum Gasteiger partial charge on any atom is 0.265 e. The summed E-state index contributed by atoms with van der Waals surface area (Å²) in [4.78, 5) is 26.8. The van der Waals surface area contributed by atoms with Crippen LogP contribution in [-0.2, 0) is 4.79 Å². The van der Waals surface area contributed by atoms with Crippen molar-refractivity contribution < 1.29 is 19.1 Å². The molecule has 0 bridgehead atoms. The molecule has 2 amide bonds. The number of nitrogens with zero attached hydrogens (tertiary/aromatic N) is 1. The zero-order chi connectivity index (χ0) is 21.8. The zero-order valence-corrected chi connectivity index (χ0v) is 18.5. The first-order chi connectivity index (χ1) is 15.0. The fourth-order valence-electron chi connectivity index (χ4n) is 3.33. The minimum absolute atomic E-state index is 0.0277. The van der Waals surface area contributed by atoms with Crippen LogP contribution >= 0.6 is 15.9 Å². The molecule has 0 saturated heterocycles. The fourth-order valence-corrected chi connectivity index (χ4v) is 3.79. The summed E-state index contributed by atoms with van der Waals surface area (Å²) in [6.07, 6.45) is 0. The maximum atomic E-state index is 12.6. The van der Waals surface area contributed by atoms with Crippen LogP contribution in [0.4, 0.5) is 11.4 Å². The van der Waals surface area contributed by atoms with E-state index < -0.39 is 0 Å². The SMILES string of the molecule is Cc1cccc(OCCN2C(=O)COc3ccc(NC(=O)c4ccccc4Br)cc32)c1. The van der Waals surface area contributed by atoms with Gasteiger partial charge < -0.3 is 19.7 Å². The summed E-state index contributed by atoms with van der Waals surface area (Å²) in [7, 11) is 0. The molecular formula is C24H21BrN2O4. The smallest absolute Gasteiger partial charge is 0.265 e. The molecule has 1 aliphatic rings. The summed E-state index contributed by atoms with van der Waals surface area (Å²) in [5.74, 6) is 0.948. The van der Waals surface area contributed by atoms with Crippen molar-refractivity contribution >= 4 is 39.1 Å². The fraction of sp³-hybridized carbons (Fsp3) is 0.167. The van der Waals surface area contributed by atoms with Crippen molar-refractivity contribution in [1.29, 1.82) is 0 Å². The van der Waals surface area contributed by atoms with Crippen LogP contribution < -0.4 is 19.7 Å². The van der Waals surface area contributed by atoms with Crippen LogP contribution in [0.5, 0.6) is 11.5 Å². The molecule has 1 aliphatic heterocycles. The molecule has 0 unspecified atom stereocenters. The number of carbonyl (C=O) groups excluding carboxylic acids is 2. The van der Waals surface area contributed by atoms with Crippen LogP contribution in [0.1, 0.15) is 15.9 Å². The lowest BCUT2D eigenvalue weighted by Crippen LogP contribution is -2.41. The Bertz CT molecular complexity index is 1130. The highest BCUT2D eigenvalue weighted by Crippen LogP contribution is 2.34. The van der Waals surface area contributed by atoms with Crippen LogP contribution in [0.2, 0.25) is 0 Å². The number of ether oxygens (including phenoxy) is 2. The minimum Gasteiger partial charge on any atom is -0.492 e. The Hall–Kier alpha value is -3.32. The first-order valence-electron chi connectivity index (χ1n) is 9.84. The predicted molar refractivity (Wildman–Crippen MR) is 123 cm³/mol. The lowest BCUT2D eigenvalue weighted by atomic mass is 10.2. The Labute approximate surface area is 188 Å². The van der Waals surface area contributed by atoms with E-state index >= 15 is 0 Å². The van der Waals surface area contributed by atoms with Crippen molar-refractivity contribution in [1.82, 2.24) is 0 Å². The number of nitrogens with one attached hydrogen (secondary N) is 1. The maximum absolute atomic E-state index is 12.6. The number of benzene rings is 3. The van der Waals surface area contributed by atoms with E-state index in [4.69, 9.17) is 9.47 Å². The molecule has 0 radical (unpaired) electrons. The van der Waals surface area contributed by atoms with Gasteiger partial charge in [0, 0.05) is 10.2 Å². The van der Waals surface area contributed by atoms with Crippen LogP contribution in [0.3, 0.4) is 0 Å². The minimum atomic E-state index is -0.246. The molecule has 6 nitrogen and oxygen atoms in total. The van der Waals surface area contributed by atoms with Gasteiger partial charge in [-0.2, -0.15) is 0 Å². The molecule has 3 aromatic carbocycles. The van der Waals surface area contributed by atoms with E-state index in [0.29, 0.717) is 40.3 Å². The van der Waals surface area contributed by atoms with Crippen LogP contribution in [0.15, 0.2) is 71.2 Å². The van der Waals surface area contributed by atoms with Gasteiger partial charge >= 0.3 is 0 Å². The number of amides is 2. The van der Waals surface area contributed by atoms with Gasteiger partial charge in [0.05, 0.1) is 17.8 Å². The Balaban J connectivity index is 1.49. The Kier molecular flexibility index (Phi) is 6.23. The molecule has 0 spiro atoms. The summed E-state index contributed by atoms with van der Waals surface area (Å²) in [5.41, 5.74) is 2.81. The lowest BCUT2D eigenvalue weighted by molar-refractivity contribution is -0.121. The zero-order valence-electron chi connectivity index (χ0n) is 16.9. The third-order valence-corrected chi connectivity index (χ3v) is 5.54. The van der Waals surface area contributed by atoms with Crippen LogP contribution in [-0.4, -0.2) is 31.6 Å². The molecule has 4 rings (SSSR count). The van der Waals surface area contributed by atoms with E-state index in [1.54, 1.807) is 35.2 Å². The Morgan fingerprint density at radius 3 is 2.77 bits per heavy atom. The van der Waals surface area contributed by atoms with Crippen LogP contribution in [0, 0.1) is 6.92 Å². The topological polar surface area (TPSA) is 67.9 Å². The first kappa shape index (κ1) is 20.9. The number of fused-ring (bicyclic) bond motifs is 1. The van der Waals surface area contributed by atoms with Crippen molar-refractivity contribution in [3.8, 4) is 11.5 Å². The molecule has 0 saturated carbocycles. The first-order valence-corrected chi connectivity index (χ1v) is 10.6. The average Bonchev–Trinajstić information content (AvgIpc) is 2.75. The highest BCUT2D eigenvalue weighted by Gasteiger charge is 2.26. The third-order valence-electron chi connectivity index (χ3n) is 4.85. The predicted octanol–water partition coefficient (Wildman–Crippen LogP) is 4.81. The number of anilines is 2. The van der Waals surface area contributed by atoms with Crippen molar-refractivity contribution in [3.63, 3.8) is 0 Å². The van der Waals surface area contributed by atoms with Gasteiger partial charge in [0.2, 0.25) is 0 Å². The number of carbonyl (C=O) groups is 2. The van der Waals surface area contributed by atoms with Gasteiger partial charge in [0.15, 0.2) is 6.61 Å². The molecule has 0 fully saturated rings. The second kappa shape index (κ2) is 9.22. The summed E-state index contributed by atoms with van der Waals surface area (Å²) in [6, 6.07) is 20.2. The standard InChI is InChI=1S/C24H21BrN2O4/c1-16-5-4-6-18(13-16)30-12-11-27-21-14-17(9-10-22(21)31-15-23(27)28)26-24(29)19-7-2-3-8-20(19)25/h2-10,13-14H,11-12,15H2,1H3,(H,26,29). The molecular weight excluding hydrogens is 460 g/mol. The quantitative estimate of drug-likeness (QED) is 0.549.